The molecular formula is C17H18BrF2N. The van der Waals surface area contributed by atoms with E-state index < -0.39 is 11.6 Å². The summed E-state index contributed by atoms with van der Waals surface area (Å²) in [4.78, 5) is 0. The lowest BCUT2D eigenvalue weighted by Crippen LogP contribution is -2.24. The molecule has 21 heavy (non-hydrogen) atoms. The Balaban J connectivity index is 2.46. The first-order valence-electron chi connectivity index (χ1n) is 6.97. The first-order valence-corrected chi connectivity index (χ1v) is 7.76. The highest BCUT2D eigenvalue weighted by atomic mass is 79.9. The van der Waals surface area contributed by atoms with Crippen LogP contribution in [0.5, 0.6) is 0 Å². The zero-order valence-electron chi connectivity index (χ0n) is 12.1. The van der Waals surface area contributed by atoms with E-state index in [1.165, 1.54) is 12.1 Å². The van der Waals surface area contributed by atoms with E-state index in [2.05, 4.69) is 28.2 Å². The van der Waals surface area contributed by atoms with Gasteiger partial charge in [-0.3, -0.25) is 0 Å². The summed E-state index contributed by atoms with van der Waals surface area (Å²) in [5.41, 5.74) is 2.52. The van der Waals surface area contributed by atoms with Crippen LogP contribution >= 0.6 is 15.9 Å². The molecule has 0 fully saturated rings. The van der Waals surface area contributed by atoms with Crippen LogP contribution in [0.2, 0.25) is 0 Å². The van der Waals surface area contributed by atoms with Crippen LogP contribution in [0.1, 0.15) is 36.1 Å². The SMILES string of the molecule is CCCNC(c1ccc(F)cc1F)c1ccc(C)cc1Br. The molecule has 1 nitrogen and oxygen atoms in total. The summed E-state index contributed by atoms with van der Waals surface area (Å²) in [6, 6.07) is 9.37. The van der Waals surface area contributed by atoms with Gasteiger partial charge in [0.2, 0.25) is 0 Å². The quantitative estimate of drug-likeness (QED) is 0.785. The third kappa shape index (κ3) is 3.89. The average molecular weight is 354 g/mol. The van der Waals surface area contributed by atoms with Gasteiger partial charge >= 0.3 is 0 Å². The summed E-state index contributed by atoms with van der Waals surface area (Å²) in [6.07, 6.45) is 0.933. The van der Waals surface area contributed by atoms with Gasteiger partial charge in [-0.05, 0) is 43.1 Å². The van der Waals surface area contributed by atoms with Crippen molar-refractivity contribution in [2.24, 2.45) is 0 Å². The lowest BCUT2D eigenvalue weighted by atomic mass is 9.97. The van der Waals surface area contributed by atoms with Crippen LogP contribution in [0.3, 0.4) is 0 Å². The molecular weight excluding hydrogens is 336 g/mol. The lowest BCUT2D eigenvalue weighted by molar-refractivity contribution is 0.532. The second kappa shape index (κ2) is 7.14. The highest BCUT2D eigenvalue weighted by Crippen LogP contribution is 2.31. The molecule has 1 unspecified atom stereocenters. The van der Waals surface area contributed by atoms with Crippen molar-refractivity contribution in [3.8, 4) is 0 Å². The van der Waals surface area contributed by atoms with E-state index in [-0.39, 0.29) is 6.04 Å². The second-order valence-electron chi connectivity index (χ2n) is 5.08. The molecule has 4 heteroatoms. The third-order valence-electron chi connectivity index (χ3n) is 3.34. The number of hydrogen-bond acceptors (Lipinski definition) is 1. The Kier molecular flexibility index (Phi) is 5.48. The fourth-order valence-corrected chi connectivity index (χ4v) is 3.00. The van der Waals surface area contributed by atoms with Gasteiger partial charge in [0.25, 0.3) is 0 Å². The van der Waals surface area contributed by atoms with Crippen LogP contribution in [-0.4, -0.2) is 6.54 Å². The Bertz CT molecular complexity index is 577. The fourth-order valence-electron chi connectivity index (χ4n) is 2.28. The minimum absolute atomic E-state index is 0.305. The summed E-state index contributed by atoms with van der Waals surface area (Å²) in [7, 11) is 0. The second-order valence-corrected chi connectivity index (χ2v) is 5.93. The van der Waals surface area contributed by atoms with Crippen molar-refractivity contribution in [1.29, 1.82) is 0 Å². The number of rotatable bonds is 5. The smallest absolute Gasteiger partial charge is 0.131 e. The molecule has 0 heterocycles. The molecule has 0 saturated carbocycles. The summed E-state index contributed by atoms with van der Waals surface area (Å²) in [5.74, 6) is -1.09. The number of halogens is 3. The standard InChI is InChI=1S/C17H18BrF2N/c1-3-8-21-17(13-6-4-11(2)9-15(13)18)14-7-5-12(19)10-16(14)20/h4-7,9-10,17,21H,3,8H2,1-2H3. The Labute approximate surface area is 132 Å². The van der Waals surface area contributed by atoms with E-state index in [1.807, 2.05) is 25.1 Å². The van der Waals surface area contributed by atoms with Crippen LogP contribution in [0, 0.1) is 18.6 Å². The van der Waals surface area contributed by atoms with E-state index in [1.54, 1.807) is 0 Å². The summed E-state index contributed by atoms with van der Waals surface area (Å²) >= 11 is 3.54. The van der Waals surface area contributed by atoms with Gasteiger partial charge in [0.15, 0.2) is 0 Å². The molecule has 0 aromatic heterocycles. The maximum absolute atomic E-state index is 14.1. The molecule has 2 rings (SSSR count). The maximum atomic E-state index is 14.1. The molecule has 0 radical (unpaired) electrons. The van der Waals surface area contributed by atoms with Gasteiger partial charge in [0, 0.05) is 16.1 Å². The van der Waals surface area contributed by atoms with Crippen molar-refractivity contribution in [2.45, 2.75) is 26.3 Å². The summed E-state index contributed by atoms with van der Waals surface area (Å²) < 4.78 is 28.2. The molecule has 0 amide bonds. The molecule has 0 aliphatic heterocycles. The van der Waals surface area contributed by atoms with Crippen LogP contribution in [0.25, 0.3) is 0 Å². The molecule has 0 aliphatic carbocycles. The predicted molar refractivity (Wildman–Crippen MR) is 85.4 cm³/mol. The van der Waals surface area contributed by atoms with Crippen molar-refractivity contribution in [3.63, 3.8) is 0 Å². The Morgan fingerprint density at radius 3 is 2.43 bits per heavy atom. The van der Waals surface area contributed by atoms with Gasteiger partial charge in [-0.1, -0.05) is 41.1 Å². The van der Waals surface area contributed by atoms with Crippen molar-refractivity contribution < 1.29 is 8.78 Å². The number of benzene rings is 2. The first kappa shape index (κ1) is 16.1. The zero-order chi connectivity index (χ0) is 15.4. The van der Waals surface area contributed by atoms with Gasteiger partial charge in [-0.25, -0.2) is 8.78 Å². The maximum Gasteiger partial charge on any atom is 0.131 e. The molecule has 2 aromatic carbocycles. The molecule has 0 saturated heterocycles. The fraction of sp³-hybridized carbons (Fsp3) is 0.294. The van der Waals surface area contributed by atoms with Crippen LogP contribution < -0.4 is 5.32 Å². The Morgan fingerprint density at radius 1 is 1.10 bits per heavy atom. The largest absolute Gasteiger partial charge is 0.306 e. The molecule has 2 aromatic rings. The van der Waals surface area contributed by atoms with E-state index >= 15 is 0 Å². The van der Waals surface area contributed by atoms with Gasteiger partial charge in [0.05, 0.1) is 6.04 Å². The van der Waals surface area contributed by atoms with E-state index in [0.717, 1.165) is 34.6 Å². The molecule has 0 spiro atoms. The highest BCUT2D eigenvalue weighted by Gasteiger charge is 2.20. The third-order valence-corrected chi connectivity index (χ3v) is 4.03. The van der Waals surface area contributed by atoms with Gasteiger partial charge in [0.1, 0.15) is 11.6 Å². The van der Waals surface area contributed by atoms with E-state index in [0.29, 0.717) is 5.56 Å². The Hall–Kier alpha value is -1.26. The Morgan fingerprint density at radius 2 is 1.81 bits per heavy atom. The summed E-state index contributed by atoms with van der Waals surface area (Å²) in [5, 5.41) is 3.33. The molecule has 112 valence electrons. The number of aryl methyl sites for hydroxylation is 1. The monoisotopic (exact) mass is 353 g/mol. The molecule has 1 atom stereocenters. The van der Waals surface area contributed by atoms with Gasteiger partial charge in [-0.2, -0.15) is 0 Å². The lowest BCUT2D eigenvalue weighted by Gasteiger charge is -2.22. The van der Waals surface area contributed by atoms with Crippen molar-refractivity contribution >= 4 is 15.9 Å². The highest BCUT2D eigenvalue weighted by molar-refractivity contribution is 9.10. The van der Waals surface area contributed by atoms with E-state index in [4.69, 9.17) is 0 Å². The molecule has 1 N–H and O–H groups in total. The normalized spacial score (nSPS) is 12.4. The van der Waals surface area contributed by atoms with Crippen molar-refractivity contribution in [1.82, 2.24) is 5.32 Å². The predicted octanol–water partition coefficient (Wildman–Crippen LogP) is 5.12. The van der Waals surface area contributed by atoms with Crippen LogP contribution in [-0.2, 0) is 0 Å². The molecule has 0 aliphatic rings. The minimum Gasteiger partial charge on any atom is -0.306 e. The number of nitrogens with one attached hydrogen (secondary N) is 1. The van der Waals surface area contributed by atoms with Gasteiger partial charge < -0.3 is 5.32 Å². The average Bonchev–Trinajstić information content (AvgIpc) is 2.42. The number of hydrogen-bond donors (Lipinski definition) is 1. The van der Waals surface area contributed by atoms with Crippen LogP contribution in [0.15, 0.2) is 40.9 Å². The van der Waals surface area contributed by atoms with Crippen molar-refractivity contribution in [2.75, 3.05) is 6.54 Å². The van der Waals surface area contributed by atoms with E-state index in [9.17, 15) is 8.78 Å². The van der Waals surface area contributed by atoms with Gasteiger partial charge in [-0.15, -0.1) is 0 Å². The summed E-state index contributed by atoms with van der Waals surface area (Å²) in [6.45, 7) is 4.80. The van der Waals surface area contributed by atoms with Crippen molar-refractivity contribution in [3.05, 3.63) is 69.2 Å². The zero-order valence-corrected chi connectivity index (χ0v) is 13.7. The molecule has 0 bridgehead atoms. The topological polar surface area (TPSA) is 12.0 Å². The first-order chi connectivity index (χ1) is 10.0. The minimum atomic E-state index is -0.562. The van der Waals surface area contributed by atoms with Crippen LogP contribution in [0.4, 0.5) is 8.78 Å².